The van der Waals surface area contributed by atoms with Crippen LogP contribution in [-0.2, 0) is 6.18 Å². The second-order valence-electron chi connectivity index (χ2n) is 6.00. The molecule has 3 nitrogen and oxygen atoms in total. The monoisotopic (exact) mass is 354 g/mol. The molecule has 0 aliphatic heterocycles. The molecule has 2 aromatic heterocycles. The predicted molar refractivity (Wildman–Crippen MR) is 92.4 cm³/mol. The number of furan rings is 1. The largest absolute Gasteiger partial charge is 0.436 e. The van der Waals surface area contributed by atoms with Crippen LogP contribution in [-0.4, -0.2) is 9.97 Å². The van der Waals surface area contributed by atoms with E-state index in [1.165, 1.54) is 12.3 Å². The highest BCUT2D eigenvalue weighted by Gasteiger charge is 2.30. The number of halogens is 3. The molecule has 0 saturated carbocycles. The van der Waals surface area contributed by atoms with Gasteiger partial charge in [-0.3, -0.25) is 0 Å². The van der Waals surface area contributed by atoms with Crippen molar-refractivity contribution in [3.05, 3.63) is 71.9 Å². The van der Waals surface area contributed by atoms with E-state index in [2.05, 4.69) is 9.97 Å². The minimum atomic E-state index is -4.40. The lowest BCUT2D eigenvalue weighted by Crippen LogP contribution is -2.04. The fraction of sp³-hybridized carbons (Fsp3) is 0.100. The molecule has 0 bridgehead atoms. The smallest absolute Gasteiger partial charge is 0.416 e. The molecule has 6 heteroatoms. The van der Waals surface area contributed by atoms with E-state index in [-0.39, 0.29) is 0 Å². The Morgan fingerprint density at radius 1 is 0.923 bits per heavy atom. The van der Waals surface area contributed by atoms with Gasteiger partial charge in [-0.1, -0.05) is 42.0 Å². The van der Waals surface area contributed by atoms with Gasteiger partial charge in [0, 0.05) is 17.2 Å². The zero-order valence-electron chi connectivity index (χ0n) is 13.7. The van der Waals surface area contributed by atoms with Crippen LogP contribution < -0.4 is 0 Å². The fourth-order valence-electron chi connectivity index (χ4n) is 2.68. The van der Waals surface area contributed by atoms with Gasteiger partial charge in [-0.15, -0.1) is 0 Å². The van der Waals surface area contributed by atoms with Crippen LogP contribution in [0.15, 0.2) is 65.2 Å². The van der Waals surface area contributed by atoms with Gasteiger partial charge in [-0.25, -0.2) is 9.97 Å². The molecule has 26 heavy (non-hydrogen) atoms. The van der Waals surface area contributed by atoms with Crippen molar-refractivity contribution in [2.75, 3.05) is 0 Å². The zero-order chi connectivity index (χ0) is 18.3. The van der Waals surface area contributed by atoms with Gasteiger partial charge >= 0.3 is 6.18 Å². The molecule has 2 heterocycles. The van der Waals surface area contributed by atoms with E-state index in [1.54, 1.807) is 12.1 Å². The number of alkyl halides is 3. The first-order chi connectivity index (χ1) is 12.4. The van der Waals surface area contributed by atoms with E-state index in [0.717, 1.165) is 23.3 Å². The van der Waals surface area contributed by atoms with Gasteiger partial charge in [0.25, 0.3) is 0 Å². The minimum absolute atomic E-state index is 0.344. The summed E-state index contributed by atoms with van der Waals surface area (Å²) in [6, 6.07) is 14.6. The Morgan fingerprint density at radius 3 is 2.42 bits per heavy atom. The van der Waals surface area contributed by atoms with Crippen LogP contribution in [0.2, 0.25) is 0 Å². The van der Waals surface area contributed by atoms with E-state index in [1.807, 2.05) is 31.2 Å². The standard InChI is InChI=1S/C20H13F3N2O/c1-12-5-7-13(8-6-12)18-10-16-19(26-18)24-11-17(25-16)14-3-2-4-15(9-14)20(21,22)23/h2-11H,1H3. The average molecular weight is 354 g/mol. The van der Waals surface area contributed by atoms with Crippen molar-refractivity contribution >= 4 is 11.2 Å². The molecule has 0 fully saturated rings. The molecule has 0 radical (unpaired) electrons. The zero-order valence-corrected chi connectivity index (χ0v) is 13.7. The molecular weight excluding hydrogens is 341 g/mol. The van der Waals surface area contributed by atoms with E-state index in [0.29, 0.717) is 28.2 Å². The molecule has 4 rings (SSSR count). The van der Waals surface area contributed by atoms with Crippen LogP contribution >= 0.6 is 0 Å². The Kier molecular flexibility index (Phi) is 3.76. The summed E-state index contributed by atoms with van der Waals surface area (Å²) in [7, 11) is 0. The fourth-order valence-corrected chi connectivity index (χ4v) is 2.68. The van der Waals surface area contributed by atoms with E-state index < -0.39 is 11.7 Å². The third-order valence-electron chi connectivity index (χ3n) is 4.06. The lowest BCUT2D eigenvalue weighted by atomic mass is 10.1. The highest BCUT2D eigenvalue weighted by Crippen LogP contribution is 2.32. The first kappa shape index (κ1) is 16.3. The molecule has 0 aliphatic rings. The summed E-state index contributed by atoms with van der Waals surface area (Å²) >= 11 is 0. The van der Waals surface area contributed by atoms with Gasteiger partial charge in [-0.05, 0) is 19.1 Å². The summed E-state index contributed by atoms with van der Waals surface area (Å²) < 4.78 is 44.4. The van der Waals surface area contributed by atoms with E-state index in [4.69, 9.17) is 4.42 Å². The number of nitrogens with zero attached hydrogens (tertiary/aromatic N) is 2. The number of hydrogen-bond acceptors (Lipinski definition) is 3. The molecule has 0 amide bonds. The maximum Gasteiger partial charge on any atom is 0.416 e. The average Bonchev–Trinajstić information content (AvgIpc) is 3.05. The first-order valence-corrected chi connectivity index (χ1v) is 7.91. The SMILES string of the molecule is Cc1ccc(-c2cc3nc(-c4cccc(C(F)(F)F)c4)cnc3o2)cc1. The van der Waals surface area contributed by atoms with Crippen molar-refractivity contribution in [3.63, 3.8) is 0 Å². The van der Waals surface area contributed by atoms with Gasteiger partial charge < -0.3 is 4.42 Å². The number of fused-ring (bicyclic) bond motifs is 1. The van der Waals surface area contributed by atoms with Crippen LogP contribution in [0.25, 0.3) is 33.8 Å². The highest BCUT2D eigenvalue weighted by atomic mass is 19.4. The van der Waals surface area contributed by atoms with Gasteiger partial charge in [0.15, 0.2) is 0 Å². The molecule has 2 aromatic carbocycles. The number of aryl methyl sites for hydroxylation is 1. The van der Waals surface area contributed by atoms with Crippen molar-refractivity contribution in [1.29, 1.82) is 0 Å². The van der Waals surface area contributed by atoms with E-state index >= 15 is 0 Å². The van der Waals surface area contributed by atoms with Gasteiger partial charge in [0.1, 0.15) is 11.3 Å². The van der Waals surface area contributed by atoms with E-state index in [9.17, 15) is 13.2 Å². The van der Waals surface area contributed by atoms with Crippen molar-refractivity contribution in [2.24, 2.45) is 0 Å². The first-order valence-electron chi connectivity index (χ1n) is 7.91. The lowest BCUT2D eigenvalue weighted by Gasteiger charge is -2.08. The summed E-state index contributed by atoms with van der Waals surface area (Å²) in [5.74, 6) is 0.612. The molecule has 0 N–H and O–H groups in total. The van der Waals surface area contributed by atoms with Crippen LogP contribution in [0.1, 0.15) is 11.1 Å². The Balaban J connectivity index is 1.75. The van der Waals surface area contributed by atoms with Crippen molar-refractivity contribution in [1.82, 2.24) is 9.97 Å². The number of hydrogen-bond donors (Lipinski definition) is 0. The quantitative estimate of drug-likeness (QED) is 0.451. The Morgan fingerprint density at radius 2 is 1.69 bits per heavy atom. The molecule has 0 aliphatic carbocycles. The van der Waals surface area contributed by atoms with Crippen LogP contribution in [0.3, 0.4) is 0 Å². The van der Waals surface area contributed by atoms with Crippen molar-refractivity contribution in [2.45, 2.75) is 13.1 Å². The maximum atomic E-state index is 12.9. The third-order valence-corrected chi connectivity index (χ3v) is 4.06. The predicted octanol–water partition coefficient (Wildman–Crippen LogP) is 5.88. The molecule has 0 unspecified atom stereocenters. The number of benzene rings is 2. The van der Waals surface area contributed by atoms with Crippen LogP contribution in [0, 0.1) is 6.92 Å². The molecular formula is C20H13F3N2O. The normalized spacial score (nSPS) is 11.8. The number of aromatic nitrogens is 2. The van der Waals surface area contributed by atoms with Gasteiger partial charge in [-0.2, -0.15) is 13.2 Å². The highest BCUT2D eigenvalue weighted by molar-refractivity contribution is 5.78. The van der Waals surface area contributed by atoms with Crippen molar-refractivity contribution < 1.29 is 17.6 Å². The summed E-state index contributed by atoms with van der Waals surface area (Å²) in [6.07, 6.45) is -2.98. The summed E-state index contributed by atoms with van der Waals surface area (Å²) in [4.78, 5) is 8.61. The molecule has 0 spiro atoms. The minimum Gasteiger partial charge on any atom is -0.436 e. The second kappa shape index (κ2) is 5.98. The molecule has 130 valence electrons. The Bertz CT molecular complexity index is 1080. The lowest BCUT2D eigenvalue weighted by molar-refractivity contribution is -0.137. The Hall–Kier alpha value is -3.15. The Labute approximate surface area is 147 Å². The second-order valence-corrected chi connectivity index (χ2v) is 6.00. The maximum absolute atomic E-state index is 12.9. The molecule has 0 atom stereocenters. The van der Waals surface area contributed by atoms with Crippen LogP contribution in [0.4, 0.5) is 13.2 Å². The summed E-state index contributed by atoms with van der Waals surface area (Å²) in [5, 5.41) is 0. The number of rotatable bonds is 2. The third kappa shape index (κ3) is 3.06. The molecule has 4 aromatic rings. The van der Waals surface area contributed by atoms with Gasteiger partial charge in [0.2, 0.25) is 5.71 Å². The topological polar surface area (TPSA) is 38.9 Å². The summed E-state index contributed by atoms with van der Waals surface area (Å²) in [5.41, 5.74) is 2.85. The van der Waals surface area contributed by atoms with Crippen molar-refractivity contribution in [3.8, 4) is 22.6 Å². The molecule has 0 saturated heterocycles. The van der Waals surface area contributed by atoms with Crippen LogP contribution in [0.5, 0.6) is 0 Å². The van der Waals surface area contributed by atoms with Gasteiger partial charge in [0.05, 0.1) is 17.5 Å². The summed E-state index contributed by atoms with van der Waals surface area (Å²) in [6.45, 7) is 1.99.